The molecule has 0 N–H and O–H groups in total. The van der Waals surface area contributed by atoms with Gasteiger partial charge in [0.2, 0.25) is 5.91 Å². The number of benzene rings is 1. The molecule has 0 saturated heterocycles. The maximum absolute atomic E-state index is 13.3. The molecular formula is C18H17FN2OS2. The van der Waals surface area contributed by atoms with Gasteiger partial charge in [-0.15, -0.1) is 22.7 Å². The van der Waals surface area contributed by atoms with Crippen LogP contribution in [0.3, 0.4) is 0 Å². The minimum Gasteiger partial charge on any atom is -0.338 e. The molecule has 1 unspecified atom stereocenters. The molecule has 1 aromatic carbocycles. The zero-order valence-electron chi connectivity index (χ0n) is 13.4. The van der Waals surface area contributed by atoms with Crippen LogP contribution in [0.2, 0.25) is 0 Å². The lowest BCUT2D eigenvalue weighted by atomic mass is 10.2. The molecule has 0 spiro atoms. The molecule has 6 heteroatoms. The molecule has 0 bridgehead atoms. The summed E-state index contributed by atoms with van der Waals surface area (Å²) in [6.45, 7) is 2.02. The first kappa shape index (κ1) is 16.8. The lowest BCUT2D eigenvalue weighted by Crippen LogP contribution is -2.30. The Kier molecular flexibility index (Phi) is 5.06. The van der Waals surface area contributed by atoms with Crippen molar-refractivity contribution in [2.24, 2.45) is 0 Å². The number of carbonyl (C=O) groups excluding carboxylic acids is 1. The number of amides is 1. The fourth-order valence-electron chi connectivity index (χ4n) is 2.36. The van der Waals surface area contributed by atoms with E-state index in [9.17, 15) is 9.18 Å². The van der Waals surface area contributed by atoms with E-state index in [1.807, 2.05) is 42.9 Å². The molecular weight excluding hydrogens is 343 g/mol. The van der Waals surface area contributed by atoms with E-state index in [-0.39, 0.29) is 24.2 Å². The molecule has 3 nitrogen and oxygen atoms in total. The molecule has 2 heterocycles. The van der Waals surface area contributed by atoms with Gasteiger partial charge in [0, 0.05) is 22.9 Å². The Hall–Kier alpha value is -2.05. The van der Waals surface area contributed by atoms with Crippen molar-refractivity contribution < 1.29 is 9.18 Å². The van der Waals surface area contributed by atoms with E-state index >= 15 is 0 Å². The average Bonchev–Trinajstić information content (AvgIpc) is 3.25. The molecule has 0 radical (unpaired) electrons. The number of hydrogen-bond acceptors (Lipinski definition) is 4. The molecule has 3 aromatic rings. The predicted molar refractivity (Wildman–Crippen MR) is 96.7 cm³/mol. The molecule has 1 amide bonds. The SMILES string of the molecule is CC(c1cccs1)N(C)C(=O)Cc1csc(-c2cccc(F)c2)n1. The molecule has 0 fully saturated rings. The number of hydrogen-bond donors (Lipinski definition) is 0. The van der Waals surface area contributed by atoms with E-state index in [0.29, 0.717) is 0 Å². The van der Waals surface area contributed by atoms with Crippen LogP contribution in [0.5, 0.6) is 0 Å². The summed E-state index contributed by atoms with van der Waals surface area (Å²) in [4.78, 5) is 19.9. The van der Waals surface area contributed by atoms with Crippen molar-refractivity contribution in [1.29, 1.82) is 0 Å². The normalized spacial score (nSPS) is 12.1. The largest absolute Gasteiger partial charge is 0.338 e. The van der Waals surface area contributed by atoms with Crippen LogP contribution in [0.1, 0.15) is 23.5 Å². The zero-order chi connectivity index (χ0) is 17.1. The number of aromatic nitrogens is 1. The summed E-state index contributed by atoms with van der Waals surface area (Å²) in [5, 5.41) is 4.60. The second-order valence-electron chi connectivity index (χ2n) is 5.53. The Balaban J connectivity index is 1.69. The van der Waals surface area contributed by atoms with Crippen LogP contribution in [-0.4, -0.2) is 22.8 Å². The first-order chi connectivity index (χ1) is 11.5. The fourth-order valence-corrected chi connectivity index (χ4v) is 4.00. The van der Waals surface area contributed by atoms with Gasteiger partial charge in [0.25, 0.3) is 0 Å². The summed E-state index contributed by atoms with van der Waals surface area (Å²) in [7, 11) is 1.81. The Morgan fingerprint density at radius 2 is 2.12 bits per heavy atom. The van der Waals surface area contributed by atoms with E-state index < -0.39 is 0 Å². The Bertz CT molecular complexity index is 829. The Morgan fingerprint density at radius 1 is 1.29 bits per heavy atom. The molecule has 2 aromatic heterocycles. The number of carbonyl (C=O) groups is 1. The topological polar surface area (TPSA) is 33.2 Å². The highest BCUT2D eigenvalue weighted by Gasteiger charge is 2.19. The van der Waals surface area contributed by atoms with Crippen LogP contribution in [-0.2, 0) is 11.2 Å². The third-order valence-corrected chi connectivity index (χ3v) is 5.87. The van der Waals surface area contributed by atoms with Gasteiger partial charge in [-0.1, -0.05) is 18.2 Å². The minimum atomic E-state index is -0.287. The Morgan fingerprint density at radius 3 is 2.83 bits per heavy atom. The maximum atomic E-state index is 13.3. The van der Waals surface area contributed by atoms with Crippen molar-refractivity contribution in [3.8, 4) is 10.6 Å². The summed E-state index contributed by atoms with van der Waals surface area (Å²) in [5.74, 6) is -0.267. The van der Waals surface area contributed by atoms with Crippen LogP contribution >= 0.6 is 22.7 Å². The Labute approximate surface area is 148 Å². The monoisotopic (exact) mass is 360 g/mol. The van der Waals surface area contributed by atoms with Gasteiger partial charge in [-0.25, -0.2) is 9.37 Å². The van der Waals surface area contributed by atoms with E-state index in [0.717, 1.165) is 21.1 Å². The number of thiazole rings is 1. The molecule has 3 rings (SSSR count). The predicted octanol–water partition coefficient (Wildman–Crippen LogP) is 4.77. The van der Waals surface area contributed by atoms with Gasteiger partial charge in [0.05, 0.1) is 18.2 Å². The van der Waals surface area contributed by atoms with Crippen LogP contribution in [0.4, 0.5) is 4.39 Å². The second kappa shape index (κ2) is 7.23. The van der Waals surface area contributed by atoms with E-state index in [2.05, 4.69) is 4.98 Å². The van der Waals surface area contributed by atoms with Crippen LogP contribution in [0, 0.1) is 5.82 Å². The van der Waals surface area contributed by atoms with Crippen molar-refractivity contribution in [3.05, 3.63) is 63.5 Å². The third kappa shape index (κ3) is 3.71. The molecule has 0 aliphatic heterocycles. The summed E-state index contributed by atoms with van der Waals surface area (Å²) >= 11 is 3.07. The van der Waals surface area contributed by atoms with Gasteiger partial charge in [-0.3, -0.25) is 4.79 Å². The standard InChI is InChI=1S/C18H17FN2OS2/c1-12(16-7-4-8-23-16)21(2)17(22)10-15-11-24-18(20-15)13-5-3-6-14(19)9-13/h3-9,11-12H,10H2,1-2H3. The lowest BCUT2D eigenvalue weighted by molar-refractivity contribution is -0.131. The summed E-state index contributed by atoms with van der Waals surface area (Å²) in [5.41, 5.74) is 1.45. The summed E-state index contributed by atoms with van der Waals surface area (Å²) < 4.78 is 13.3. The number of halogens is 1. The summed E-state index contributed by atoms with van der Waals surface area (Å²) in [6, 6.07) is 10.4. The van der Waals surface area contributed by atoms with Gasteiger partial charge in [0.1, 0.15) is 10.8 Å². The van der Waals surface area contributed by atoms with E-state index in [4.69, 9.17) is 0 Å². The number of nitrogens with zero attached hydrogens (tertiary/aromatic N) is 2. The molecule has 0 aliphatic rings. The molecule has 124 valence electrons. The fraction of sp³-hybridized carbons (Fsp3) is 0.222. The molecule has 0 aliphatic carbocycles. The lowest BCUT2D eigenvalue weighted by Gasteiger charge is -2.23. The second-order valence-corrected chi connectivity index (χ2v) is 7.36. The van der Waals surface area contributed by atoms with Crippen molar-refractivity contribution in [2.75, 3.05) is 7.05 Å². The van der Waals surface area contributed by atoms with Crippen molar-refractivity contribution in [1.82, 2.24) is 9.88 Å². The number of rotatable bonds is 5. The third-order valence-electron chi connectivity index (χ3n) is 3.88. The van der Waals surface area contributed by atoms with Gasteiger partial charge in [0.15, 0.2) is 0 Å². The van der Waals surface area contributed by atoms with Crippen molar-refractivity contribution in [3.63, 3.8) is 0 Å². The highest BCUT2D eigenvalue weighted by atomic mass is 32.1. The van der Waals surface area contributed by atoms with Gasteiger partial charge in [-0.2, -0.15) is 0 Å². The number of thiophene rings is 1. The van der Waals surface area contributed by atoms with Crippen LogP contribution in [0.25, 0.3) is 10.6 Å². The quantitative estimate of drug-likeness (QED) is 0.656. The first-order valence-corrected chi connectivity index (χ1v) is 9.30. The van der Waals surface area contributed by atoms with Crippen molar-refractivity contribution >= 4 is 28.6 Å². The van der Waals surface area contributed by atoms with E-state index in [1.165, 1.54) is 23.5 Å². The molecule has 1 atom stereocenters. The van der Waals surface area contributed by atoms with Crippen molar-refractivity contribution in [2.45, 2.75) is 19.4 Å². The zero-order valence-corrected chi connectivity index (χ0v) is 15.0. The van der Waals surface area contributed by atoms with Gasteiger partial charge < -0.3 is 4.90 Å². The average molecular weight is 360 g/mol. The number of likely N-dealkylation sites (N-methyl/N-ethyl adjacent to an activating group) is 1. The van der Waals surface area contributed by atoms with Crippen LogP contribution < -0.4 is 0 Å². The summed E-state index contributed by atoms with van der Waals surface area (Å²) in [6.07, 6.45) is 0.248. The first-order valence-electron chi connectivity index (χ1n) is 7.54. The highest BCUT2D eigenvalue weighted by Crippen LogP contribution is 2.26. The van der Waals surface area contributed by atoms with Gasteiger partial charge in [-0.05, 0) is 30.5 Å². The smallest absolute Gasteiger partial charge is 0.228 e. The maximum Gasteiger partial charge on any atom is 0.228 e. The minimum absolute atomic E-state index is 0.0204. The van der Waals surface area contributed by atoms with Crippen LogP contribution in [0.15, 0.2) is 47.2 Å². The highest BCUT2D eigenvalue weighted by molar-refractivity contribution is 7.13. The van der Waals surface area contributed by atoms with Gasteiger partial charge >= 0.3 is 0 Å². The van der Waals surface area contributed by atoms with E-state index in [1.54, 1.807) is 22.3 Å². The molecule has 24 heavy (non-hydrogen) atoms. The molecule has 0 saturated carbocycles.